The minimum atomic E-state index is 0.376. The first-order valence-corrected chi connectivity index (χ1v) is 4.49. The molecule has 1 heteroatoms. The zero-order valence-corrected chi connectivity index (χ0v) is 7.77. The van der Waals surface area contributed by atoms with E-state index >= 15 is 0 Å². The summed E-state index contributed by atoms with van der Waals surface area (Å²) in [7, 11) is 0. The minimum absolute atomic E-state index is 0.376. The fourth-order valence-electron chi connectivity index (χ4n) is 1.34. The van der Waals surface area contributed by atoms with Crippen LogP contribution in [0.1, 0.15) is 24.8 Å². The first-order chi connectivity index (χ1) is 6.38. The van der Waals surface area contributed by atoms with Gasteiger partial charge < -0.3 is 0 Å². The van der Waals surface area contributed by atoms with E-state index in [1.165, 1.54) is 5.56 Å². The molecule has 1 unspecified atom stereocenters. The molecule has 0 N–H and O–H groups in total. The monoisotopic (exact) mass is 171 g/mol. The zero-order chi connectivity index (χ0) is 9.52. The van der Waals surface area contributed by atoms with Crippen LogP contribution >= 0.6 is 0 Å². The molecule has 1 rings (SSSR count). The molecule has 1 aromatic carbocycles. The SMILES string of the molecule is CCC(C=CC#N)c1ccccc1. The van der Waals surface area contributed by atoms with E-state index in [0.29, 0.717) is 5.92 Å². The van der Waals surface area contributed by atoms with Crippen LogP contribution in [0.15, 0.2) is 42.5 Å². The van der Waals surface area contributed by atoms with Gasteiger partial charge in [0.15, 0.2) is 0 Å². The Hall–Kier alpha value is -1.55. The van der Waals surface area contributed by atoms with Gasteiger partial charge in [-0.3, -0.25) is 0 Å². The molecule has 0 aliphatic heterocycles. The second-order valence-electron chi connectivity index (χ2n) is 2.91. The normalized spacial score (nSPS) is 12.6. The first-order valence-electron chi connectivity index (χ1n) is 4.49. The van der Waals surface area contributed by atoms with Crippen LogP contribution in [0.25, 0.3) is 0 Å². The molecule has 0 saturated heterocycles. The molecule has 0 heterocycles. The van der Waals surface area contributed by atoms with Gasteiger partial charge in [-0.05, 0) is 12.0 Å². The van der Waals surface area contributed by atoms with Crippen LogP contribution in [0.4, 0.5) is 0 Å². The molecule has 0 aromatic heterocycles. The molecule has 1 atom stereocenters. The molecule has 0 radical (unpaired) electrons. The standard InChI is InChI=1S/C12H13N/c1-2-11(9-6-10-13)12-7-4-3-5-8-12/h3-9,11H,2H2,1H3. The molecule has 0 spiro atoms. The van der Waals surface area contributed by atoms with Crippen LogP contribution in [0.5, 0.6) is 0 Å². The van der Waals surface area contributed by atoms with Crippen molar-refractivity contribution in [1.82, 2.24) is 0 Å². The van der Waals surface area contributed by atoms with Crippen LogP contribution in [-0.4, -0.2) is 0 Å². The second-order valence-corrected chi connectivity index (χ2v) is 2.91. The molecular weight excluding hydrogens is 158 g/mol. The quantitative estimate of drug-likeness (QED) is 0.640. The lowest BCUT2D eigenvalue weighted by Gasteiger charge is -2.08. The fourth-order valence-corrected chi connectivity index (χ4v) is 1.34. The van der Waals surface area contributed by atoms with Crippen LogP contribution in [0, 0.1) is 11.3 Å². The van der Waals surface area contributed by atoms with Crippen molar-refractivity contribution < 1.29 is 0 Å². The Morgan fingerprint density at radius 3 is 2.62 bits per heavy atom. The lowest BCUT2D eigenvalue weighted by molar-refractivity contribution is 0.805. The summed E-state index contributed by atoms with van der Waals surface area (Å²) in [5, 5.41) is 8.42. The molecule has 0 fully saturated rings. The van der Waals surface area contributed by atoms with E-state index in [0.717, 1.165) is 6.42 Å². The van der Waals surface area contributed by atoms with Crippen molar-refractivity contribution in [2.24, 2.45) is 0 Å². The van der Waals surface area contributed by atoms with Crippen molar-refractivity contribution in [2.45, 2.75) is 19.3 Å². The van der Waals surface area contributed by atoms with Gasteiger partial charge in [-0.1, -0.05) is 43.3 Å². The van der Waals surface area contributed by atoms with Crippen molar-refractivity contribution in [2.75, 3.05) is 0 Å². The predicted octanol–water partition coefficient (Wildman–Crippen LogP) is 3.26. The largest absolute Gasteiger partial charge is 0.193 e. The topological polar surface area (TPSA) is 23.8 Å². The third-order valence-corrected chi connectivity index (χ3v) is 2.07. The number of hydrogen-bond acceptors (Lipinski definition) is 1. The summed E-state index contributed by atoms with van der Waals surface area (Å²) >= 11 is 0. The number of hydrogen-bond donors (Lipinski definition) is 0. The van der Waals surface area contributed by atoms with E-state index in [-0.39, 0.29) is 0 Å². The molecule has 0 bridgehead atoms. The smallest absolute Gasteiger partial charge is 0.0908 e. The van der Waals surface area contributed by atoms with E-state index in [1.807, 2.05) is 30.3 Å². The lowest BCUT2D eigenvalue weighted by atomic mass is 9.96. The Bertz CT molecular complexity index is 306. The van der Waals surface area contributed by atoms with Crippen molar-refractivity contribution >= 4 is 0 Å². The van der Waals surface area contributed by atoms with Gasteiger partial charge in [0.2, 0.25) is 0 Å². The molecule has 13 heavy (non-hydrogen) atoms. The van der Waals surface area contributed by atoms with E-state index < -0.39 is 0 Å². The van der Waals surface area contributed by atoms with Gasteiger partial charge in [-0.15, -0.1) is 0 Å². The fraction of sp³-hybridized carbons (Fsp3) is 0.250. The third-order valence-electron chi connectivity index (χ3n) is 2.07. The average Bonchev–Trinajstić information content (AvgIpc) is 2.21. The number of allylic oxidation sites excluding steroid dienone is 2. The highest BCUT2D eigenvalue weighted by atomic mass is 14.2. The average molecular weight is 171 g/mol. The van der Waals surface area contributed by atoms with Gasteiger partial charge in [0.25, 0.3) is 0 Å². The predicted molar refractivity (Wildman–Crippen MR) is 54.2 cm³/mol. The summed E-state index contributed by atoms with van der Waals surface area (Å²) in [5.74, 6) is 0.376. The van der Waals surface area contributed by atoms with E-state index in [4.69, 9.17) is 5.26 Å². The molecule has 0 aliphatic rings. The van der Waals surface area contributed by atoms with Gasteiger partial charge >= 0.3 is 0 Å². The summed E-state index contributed by atoms with van der Waals surface area (Å²) in [5.41, 5.74) is 1.27. The van der Waals surface area contributed by atoms with Gasteiger partial charge in [0.1, 0.15) is 0 Å². The van der Waals surface area contributed by atoms with Crippen molar-refractivity contribution in [3.8, 4) is 6.07 Å². The Labute approximate surface area is 79.3 Å². The minimum Gasteiger partial charge on any atom is -0.193 e. The highest BCUT2D eigenvalue weighted by Crippen LogP contribution is 2.19. The third kappa shape index (κ3) is 2.76. The number of nitriles is 1. The van der Waals surface area contributed by atoms with Crippen LogP contribution in [-0.2, 0) is 0 Å². The van der Waals surface area contributed by atoms with E-state index in [2.05, 4.69) is 19.1 Å². The summed E-state index contributed by atoms with van der Waals surface area (Å²) in [6.45, 7) is 2.12. The van der Waals surface area contributed by atoms with Crippen molar-refractivity contribution in [3.05, 3.63) is 48.0 Å². The van der Waals surface area contributed by atoms with Gasteiger partial charge in [0, 0.05) is 12.0 Å². The van der Waals surface area contributed by atoms with E-state index in [1.54, 1.807) is 6.08 Å². The second kappa shape index (κ2) is 5.16. The molecule has 0 saturated carbocycles. The zero-order valence-electron chi connectivity index (χ0n) is 7.77. The van der Waals surface area contributed by atoms with E-state index in [9.17, 15) is 0 Å². The van der Waals surface area contributed by atoms with Gasteiger partial charge in [0.05, 0.1) is 6.07 Å². The molecule has 66 valence electrons. The molecule has 1 aromatic rings. The maximum atomic E-state index is 8.42. The van der Waals surface area contributed by atoms with Crippen molar-refractivity contribution in [3.63, 3.8) is 0 Å². The summed E-state index contributed by atoms with van der Waals surface area (Å²) in [6.07, 6.45) is 4.54. The maximum absolute atomic E-state index is 8.42. The number of rotatable bonds is 3. The number of nitrogens with zero attached hydrogens (tertiary/aromatic N) is 1. The summed E-state index contributed by atoms with van der Waals surface area (Å²) < 4.78 is 0. The summed E-state index contributed by atoms with van der Waals surface area (Å²) in [6, 6.07) is 12.3. The molecule has 1 nitrogen and oxygen atoms in total. The lowest BCUT2D eigenvalue weighted by Crippen LogP contribution is -1.91. The van der Waals surface area contributed by atoms with Crippen molar-refractivity contribution in [1.29, 1.82) is 5.26 Å². The molecular formula is C12H13N. The maximum Gasteiger partial charge on any atom is 0.0908 e. The Kier molecular flexibility index (Phi) is 3.78. The molecule has 0 aliphatic carbocycles. The van der Waals surface area contributed by atoms with Gasteiger partial charge in [-0.2, -0.15) is 5.26 Å². The van der Waals surface area contributed by atoms with Gasteiger partial charge in [-0.25, -0.2) is 0 Å². The Morgan fingerprint density at radius 1 is 1.38 bits per heavy atom. The number of benzene rings is 1. The first kappa shape index (κ1) is 9.54. The Balaban J connectivity index is 2.80. The highest BCUT2D eigenvalue weighted by molar-refractivity contribution is 5.24. The van der Waals surface area contributed by atoms with Crippen LogP contribution < -0.4 is 0 Å². The highest BCUT2D eigenvalue weighted by Gasteiger charge is 2.02. The van der Waals surface area contributed by atoms with Crippen LogP contribution in [0.3, 0.4) is 0 Å². The Morgan fingerprint density at radius 2 is 2.08 bits per heavy atom. The van der Waals surface area contributed by atoms with Crippen LogP contribution in [0.2, 0.25) is 0 Å². The molecule has 0 amide bonds. The summed E-state index contributed by atoms with van der Waals surface area (Å²) in [4.78, 5) is 0.